The van der Waals surface area contributed by atoms with Crippen LogP contribution in [0, 0.1) is 0 Å². The standard InChI is InChI=1S/C15H19N5O3/c1-8-12(13(14(16)21)19-18-8)17-15(22)10-7-11(23-20-10)9-5-3-2-4-6-9/h2-6,8,11-13,18-19H,7H2,1H3,(H2,16,21)(H,17,22). The zero-order valence-corrected chi connectivity index (χ0v) is 12.7. The number of hydrogen-bond donors (Lipinski definition) is 4. The molecule has 1 fully saturated rings. The quantitative estimate of drug-likeness (QED) is 0.588. The second-order valence-corrected chi connectivity index (χ2v) is 5.70. The summed E-state index contributed by atoms with van der Waals surface area (Å²) >= 11 is 0. The maximum atomic E-state index is 12.4. The van der Waals surface area contributed by atoms with Crippen molar-refractivity contribution in [3.63, 3.8) is 0 Å². The van der Waals surface area contributed by atoms with E-state index in [0.29, 0.717) is 12.1 Å². The summed E-state index contributed by atoms with van der Waals surface area (Å²) in [5, 5.41) is 6.68. The molecular weight excluding hydrogens is 298 g/mol. The minimum atomic E-state index is -0.665. The summed E-state index contributed by atoms with van der Waals surface area (Å²) in [7, 11) is 0. The number of hydrazine groups is 1. The van der Waals surface area contributed by atoms with Crippen LogP contribution >= 0.6 is 0 Å². The Bertz CT molecular complexity index is 633. The third-order valence-corrected chi connectivity index (χ3v) is 4.07. The predicted octanol–water partition coefficient (Wildman–Crippen LogP) is -0.661. The normalized spacial score (nSPS) is 29.7. The number of nitrogens with two attached hydrogens (primary N) is 1. The number of hydrogen-bond acceptors (Lipinski definition) is 6. The molecule has 4 unspecified atom stereocenters. The lowest BCUT2D eigenvalue weighted by Crippen LogP contribution is -2.54. The van der Waals surface area contributed by atoms with Gasteiger partial charge in [-0.15, -0.1) is 0 Å². The molecule has 8 heteroatoms. The highest BCUT2D eigenvalue weighted by Crippen LogP contribution is 2.27. The maximum Gasteiger partial charge on any atom is 0.269 e. The number of nitrogens with one attached hydrogen (secondary N) is 3. The Hall–Kier alpha value is -2.45. The monoisotopic (exact) mass is 317 g/mol. The van der Waals surface area contributed by atoms with Crippen LogP contribution in [0.4, 0.5) is 0 Å². The van der Waals surface area contributed by atoms with Gasteiger partial charge in [-0.1, -0.05) is 35.5 Å². The summed E-state index contributed by atoms with van der Waals surface area (Å²) in [6.07, 6.45) is 0.125. The Balaban J connectivity index is 1.62. The van der Waals surface area contributed by atoms with E-state index in [9.17, 15) is 9.59 Å². The van der Waals surface area contributed by atoms with Gasteiger partial charge < -0.3 is 15.9 Å². The first-order chi connectivity index (χ1) is 11.1. The molecule has 0 saturated carbocycles. The number of primary amides is 1. The van der Waals surface area contributed by atoms with Gasteiger partial charge in [-0.25, -0.2) is 5.43 Å². The number of benzene rings is 1. The van der Waals surface area contributed by atoms with Crippen LogP contribution in [-0.2, 0) is 14.4 Å². The first-order valence-electron chi connectivity index (χ1n) is 7.45. The summed E-state index contributed by atoms with van der Waals surface area (Å²) < 4.78 is 0. The average molecular weight is 317 g/mol. The van der Waals surface area contributed by atoms with Crippen molar-refractivity contribution in [3.8, 4) is 0 Å². The molecule has 0 radical (unpaired) electrons. The molecule has 1 aromatic carbocycles. The van der Waals surface area contributed by atoms with Crippen molar-refractivity contribution in [1.82, 2.24) is 16.2 Å². The lowest BCUT2D eigenvalue weighted by molar-refractivity contribution is -0.120. The Kier molecular flexibility index (Phi) is 4.26. The van der Waals surface area contributed by atoms with Gasteiger partial charge in [-0.3, -0.25) is 15.0 Å². The van der Waals surface area contributed by atoms with Crippen molar-refractivity contribution in [2.24, 2.45) is 10.9 Å². The van der Waals surface area contributed by atoms with Gasteiger partial charge in [0, 0.05) is 12.5 Å². The first-order valence-corrected chi connectivity index (χ1v) is 7.45. The van der Waals surface area contributed by atoms with Gasteiger partial charge in [0.05, 0.1) is 6.04 Å². The van der Waals surface area contributed by atoms with Crippen molar-refractivity contribution in [2.75, 3.05) is 0 Å². The van der Waals surface area contributed by atoms with Crippen molar-refractivity contribution in [3.05, 3.63) is 35.9 Å². The maximum absolute atomic E-state index is 12.4. The molecule has 4 atom stereocenters. The molecule has 0 spiro atoms. The third kappa shape index (κ3) is 3.17. The van der Waals surface area contributed by atoms with E-state index in [1.807, 2.05) is 37.3 Å². The molecule has 0 aromatic heterocycles. The molecule has 1 saturated heterocycles. The van der Waals surface area contributed by atoms with Crippen LogP contribution in [0.1, 0.15) is 25.0 Å². The molecule has 0 aliphatic carbocycles. The molecule has 3 rings (SSSR count). The summed E-state index contributed by atoms with van der Waals surface area (Å²) in [5.74, 6) is -0.879. The van der Waals surface area contributed by atoms with Crippen LogP contribution < -0.4 is 21.9 Å². The van der Waals surface area contributed by atoms with E-state index in [4.69, 9.17) is 10.6 Å². The Morgan fingerprint density at radius 1 is 1.30 bits per heavy atom. The van der Waals surface area contributed by atoms with Crippen LogP contribution in [0.5, 0.6) is 0 Å². The van der Waals surface area contributed by atoms with E-state index in [2.05, 4.69) is 21.3 Å². The number of carbonyl (C=O) groups excluding carboxylic acids is 2. The van der Waals surface area contributed by atoms with Gasteiger partial charge >= 0.3 is 0 Å². The van der Waals surface area contributed by atoms with Crippen LogP contribution in [0.25, 0.3) is 0 Å². The van der Waals surface area contributed by atoms with Gasteiger partial charge in [0.2, 0.25) is 5.91 Å². The number of nitrogens with zero attached hydrogens (tertiary/aromatic N) is 1. The van der Waals surface area contributed by atoms with E-state index < -0.39 is 18.0 Å². The molecular formula is C15H19N5O3. The first kappa shape index (κ1) is 15.4. The van der Waals surface area contributed by atoms with Gasteiger partial charge in [0.1, 0.15) is 11.8 Å². The molecule has 0 bridgehead atoms. The van der Waals surface area contributed by atoms with Gasteiger partial charge in [0.15, 0.2) is 6.10 Å². The molecule has 8 nitrogen and oxygen atoms in total. The van der Waals surface area contributed by atoms with E-state index in [1.165, 1.54) is 0 Å². The molecule has 1 aromatic rings. The zero-order chi connectivity index (χ0) is 16.4. The second kappa shape index (κ2) is 6.35. The van der Waals surface area contributed by atoms with E-state index in [1.54, 1.807) is 0 Å². The zero-order valence-electron chi connectivity index (χ0n) is 12.7. The van der Waals surface area contributed by atoms with Crippen LogP contribution in [0.3, 0.4) is 0 Å². The van der Waals surface area contributed by atoms with Crippen molar-refractivity contribution in [2.45, 2.75) is 37.6 Å². The molecule has 2 aliphatic rings. The number of carbonyl (C=O) groups is 2. The van der Waals surface area contributed by atoms with Crippen molar-refractivity contribution >= 4 is 17.5 Å². The number of oxime groups is 1. The highest BCUT2D eigenvalue weighted by molar-refractivity contribution is 6.39. The summed E-state index contributed by atoms with van der Waals surface area (Å²) in [6.45, 7) is 1.85. The largest absolute Gasteiger partial charge is 0.387 e. The van der Waals surface area contributed by atoms with Crippen molar-refractivity contribution in [1.29, 1.82) is 0 Å². The Morgan fingerprint density at radius 3 is 2.74 bits per heavy atom. The third-order valence-electron chi connectivity index (χ3n) is 4.07. The SMILES string of the molecule is CC1NNC(C(N)=O)C1NC(=O)C1=NOC(c2ccccc2)C1. The lowest BCUT2D eigenvalue weighted by Gasteiger charge is -2.19. The van der Waals surface area contributed by atoms with Crippen molar-refractivity contribution < 1.29 is 14.4 Å². The topological polar surface area (TPSA) is 118 Å². The highest BCUT2D eigenvalue weighted by Gasteiger charge is 2.39. The van der Waals surface area contributed by atoms with E-state index in [-0.39, 0.29) is 18.1 Å². The van der Waals surface area contributed by atoms with Gasteiger partial charge in [-0.05, 0) is 12.5 Å². The second-order valence-electron chi connectivity index (χ2n) is 5.70. The molecule has 2 heterocycles. The predicted molar refractivity (Wildman–Crippen MR) is 83.0 cm³/mol. The Labute approximate surface area is 133 Å². The fourth-order valence-electron chi connectivity index (χ4n) is 2.74. The number of rotatable bonds is 4. The molecule has 23 heavy (non-hydrogen) atoms. The molecule has 2 amide bonds. The highest BCUT2D eigenvalue weighted by atomic mass is 16.6. The van der Waals surface area contributed by atoms with Crippen LogP contribution in [-0.4, -0.2) is 35.7 Å². The summed E-state index contributed by atoms with van der Waals surface area (Å²) in [5.41, 5.74) is 12.3. The minimum absolute atomic E-state index is 0.135. The Morgan fingerprint density at radius 2 is 2.04 bits per heavy atom. The summed E-state index contributed by atoms with van der Waals surface area (Å²) in [4.78, 5) is 29.1. The lowest BCUT2D eigenvalue weighted by atomic mass is 10.0. The minimum Gasteiger partial charge on any atom is -0.387 e. The van der Waals surface area contributed by atoms with E-state index >= 15 is 0 Å². The fraction of sp³-hybridized carbons (Fsp3) is 0.400. The van der Waals surface area contributed by atoms with E-state index in [0.717, 1.165) is 5.56 Å². The van der Waals surface area contributed by atoms with Gasteiger partial charge in [-0.2, -0.15) is 0 Å². The number of amides is 2. The smallest absolute Gasteiger partial charge is 0.269 e. The fourth-order valence-corrected chi connectivity index (χ4v) is 2.74. The van der Waals surface area contributed by atoms with Crippen LogP contribution in [0.2, 0.25) is 0 Å². The van der Waals surface area contributed by atoms with Crippen LogP contribution in [0.15, 0.2) is 35.5 Å². The molecule has 5 N–H and O–H groups in total. The molecule has 122 valence electrons. The average Bonchev–Trinajstić information content (AvgIpc) is 3.16. The van der Waals surface area contributed by atoms with Gasteiger partial charge in [0.25, 0.3) is 5.91 Å². The summed E-state index contributed by atoms with van der Waals surface area (Å²) in [6, 6.07) is 8.34. The molecule has 2 aliphatic heterocycles.